The van der Waals surface area contributed by atoms with Crippen molar-refractivity contribution >= 4 is 0 Å². The molecule has 0 saturated carbocycles. The Balaban J connectivity index is 2.18. The maximum absolute atomic E-state index is 6.16. The molecule has 0 spiro atoms. The van der Waals surface area contributed by atoms with Gasteiger partial charge in [-0.1, -0.05) is 74.5 Å². The second-order valence-corrected chi connectivity index (χ2v) is 5.56. The summed E-state index contributed by atoms with van der Waals surface area (Å²) in [4.78, 5) is 0. The molecule has 2 nitrogen and oxygen atoms in total. The summed E-state index contributed by atoms with van der Waals surface area (Å²) in [6, 6.07) is 20.8. The first kappa shape index (κ1) is 13.3. The van der Waals surface area contributed by atoms with Gasteiger partial charge in [0.05, 0.1) is 0 Å². The summed E-state index contributed by atoms with van der Waals surface area (Å²) in [5, 5.41) is 0. The van der Waals surface area contributed by atoms with Gasteiger partial charge in [-0.3, -0.25) is 0 Å². The van der Waals surface area contributed by atoms with Gasteiger partial charge in [-0.2, -0.15) is 0 Å². The summed E-state index contributed by atoms with van der Waals surface area (Å²) in [6.45, 7) is 4.70. The third-order valence-electron chi connectivity index (χ3n) is 3.95. The highest BCUT2D eigenvalue weighted by Gasteiger charge is 2.49. The molecule has 1 unspecified atom stereocenters. The van der Waals surface area contributed by atoms with Gasteiger partial charge in [0.1, 0.15) is 18.5 Å². The van der Waals surface area contributed by atoms with Crippen LogP contribution in [0.1, 0.15) is 25.0 Å². The van der Waals surface area contributed by atoms with Gasteiger partial charge in [-0.05, 0) is 17.0 Å². The lowest BCUT2D eigenvalue weighted by Crippen LogP contribution is -2.41. The Bertz CT molecular complexity index is 509. The van der Waals surface area contributed by atoms with E-state index in [1.807, 2.05) is 12.1 Å². The van der Waals surface area contributed by atoms with Crippen LogP contribution in [0.25, 0.3) is 0 Å². The van der Waals surface area contributed by atoms with Crippen molar-refractivity contribution in [2.75, 3.05) is 6.79 Å². The Morgan fingerprint density at radius 3 is 1.85 bits per heavy atom. The van der Waals surface area contributed by atoms with E-state index in [0.29, 0.717) is 12.7 Å². The van der Waals surface area contributed by atoms with Gasteiger partial charge in [0, 0.05) is 0 Å². The molecule has 1 heterocycles. The molecule has 0 amide bonds. The number of hydrogen-bond donors (Lipinski definition) is 0. The molecule has 0 bridgehead atoms. The lowest BCUT2D eigenvalue weighted by atomic mass is 9.78. The fraction of sp³-hybridized carbons (Fsp3) is 0.333. The fourth-order valence-electron chi connectivity index (χ4n) is 3.09. The predicted octanol–water partition coefficient (Wildman–Crippen LogP) is 3.96. The lowest BCUT2D eigenvalue weighted by Gasteiger charge is -2.35. The third-order valence-corrected chi connectivity index (χ3v) is 3.95. The Hall–Kier alpha value is -1.64. The Labute approximate surface area is 120 Å². The van der Waals surface area contributed by atoms with Crippen molar-refractivity contribution < 1.29 is 9.47 Å². The van der Waals surface area contributed by atoms with Crippen molar-refractivity contribution in [3.05, 3.63) is 71.8 Å². The number of benzene rings is 2. The summed E-state index contributed by atoms with van der Waals surface area (Å²) < 4.78 is 12.1. The SMILES string of the molecule is CC(C)C1OCOC1(c1ccccc1)c1ccccc1. The molecule has 1 atom stereocenters. The molecular weight excluding hydrogens is 248 g/mol. The topological polar surface area (TPSA) is 18.5 Å². The summed E-state index contributed by atoms with van der Waals surface area (Å²) in [6.07, 6.45) is 0.0206. The maximum atomic E-state index is 6.16. The largest absolute Gasteiger partial charge is 0.348 e. The third kappa shape index (κ3) is 2.05. The average Bonchev–Trinajstić information content (AvgIpc) is 2.95. The van der Waals surface area contributed by atoms with Gasteiger partial charge in [0.15, 0.2) is 0 Å². The van der Waals surface area contributed by atoms with Crippen molar-refractivity contribution in [2.45, 2.75) is 25.6 Å². The first-order valence-electron chi connectivity index (χ1n) is 7.12. The molecule has 2 heteroatoms. The van der Waals surface area contributed by atoms with E-state index in [0.717, 1.165) is 11.1 Å². The van der Waals surface area contributed by atoms with E-state index >= 15 is 0 Å². The fourth-order valence-corrected chi connectivity index (χ4v) is 3.09. The molecule has 1 aliphatic heterocycles. The molecule has 3 rings (SSSR count). The molecule has 20 heavy (non-hydrogen) atoms. The maximum Gasteiger partial charge on any atom is 0.149 e. The van der Waals surface area contributed by atoms with Gasteiger partial charge in [-0.25, -0.2) is 0 Å². The second kappa shape index (κ2) is 5.39. The minimum atomic E-state index is -0.503. The molecule has 0 N–H and O–H groups in total. The van der Waals surface area contributed by atoms with Crippen molar-refractivity contribution in [1.82, 2.24) is 0 Å². The summed E-state index contributed by atoms with van der Waals surface area (Å²) in [7, 11) is 0. The smallest absolute Gasteiger partial charge is 0.149 e. The Kier molecular flexibility index (Phi) is 3.60. The number of ether oxygens (including phenoxy) is 2. The van der Waals surface area contributed by atoms with Gasteiger partial charge >= 0.3 is 0 Å². The normalized spacial score (nSPS) is 21.2. The van der Waals surface area contributed by atoms with E-state index < -0.39 is 5.60 Å². The van der Waals surface area contributed by atoms with Gasteiger partial charge < -0.3 is 9.47 Å². The highest BCUT2D eigenvalue weighted by molar-refractivity contribution is 5.39. The van der Waals surface area contributed by atoms with Crippen LogP contribution in [0, 0.1) is 5.92 Å². The monoisotopic (exact) mass is 268 g/mol. The quantitative estimate of drug-likeness (QED) is 0.839. The van der Waals surface area contributed by atoms with Crippen molar-refractivity contribution in [1.29, 1.82) is 0 Å². The van der Waals surface area contributed by atoms with E-state index in [4.69, 9.17) is 9.47 Å². The van der Waals surface area contributed by atoms with Crippen molar-refractivity contribution in [3.8, 4) is 0 Å². The van der Waals surface area contributed by atoms with Gasteiger partial charge in [0.2, 0.25) is 0 Å². The summed E-state index contributed by atoms with van der Waals surface area (Å²) >= 11 is 0. The molecule has 0 aromatic heterocycles. The molecule has 2 aromatic rings. The molecule has 1 fully saturated rings. The van der Waals surface area contributed by atoms with Crippen LogP contribution >= 0.6 is 0 Å². The van der Waals surface area contributed by atoms with Crippen molar-refractivity contribution in [2.24, 2.45) is 5.92 Å². The standard InChI is InChI=1S/C18H20O2/c1-14(2)17-18(20-13-19-17,15-9-5-3-6-10-15)16-11-7-4-8-12-16/h3-12,14,17H,13H2,1-2H3. The number of hydrogen-bond acceptors (Lipinski definition) is 2. The van der Waals surface area contributed by atoms with Gasteiger partial charge in [0.25, 0.3) is 0 Å². The average molecular weight is 268 g/mol. The highest BCUT2D eigenvalue weighted by Crippen LogP contribution is 2.44. The van der Waals surface area contributed by atoms with Gasteiger partial charge in [-0.15, -0.1) is 0 Å². The van der Waals surface area contributed by atoms with E-state index in [9.17, 15) is 0 Å². The summed E-state index contributed by atoms with van der Waals surface area (Å²) in [5.41, 5.74) is 1.81. The molecule has 1 aliphatic rings. The van der Waals surface area contributed by atoms with Crippen LogP contribution in [0.4, 0.5) is 0 Å². The minimum absolute atomic E-state index is 0.0206. The van der Waals surface area contributed by atoms with Crippen LogP contribution < -0.4 is 0 Å². The van der Waals surface area contributed by atoms with E-state index in [-0.39, 0.29) is 6.10 Å². The minimum Gasteiger partial charge on any atom is -0.348 e. The molecule has 2 aromatic carbocycles. The van der Waals surface area contributed by atoms with E-state index in [1.54, 1.807) is 0 Å². The van der Waals surface area contributed by atoms with Crippen LogP contribution in [0.3, 0.4) is 0 Å². The first-order valence-corrected chi connectivity index (χ1v) is 7.12. The molecule has 0 radical (unpaired) electrons. The predicted molar refractivity (Wildman–Crippen MR) is 79.3 cm³/mol. The van der Waals surface area contributed by atoms with Crippen LogP contribution in [-0.4, -0.2) is 12.9 Å². The number of rotatable bonds is 3. The zero-order valence-electron chi connectivity index (χ0n) is 12.0. The van der Waals surface area contributed by atoms with E-state index in [2.05, 4.69) is 62.4 Å². The first-order chi connectivity index (χ1) is 9.75. The molecule has 1 saturated heterocycles. The molecule has 104 valence electrons. The van der Waals surface area contributed by atoms with Crippen LogP contribution in [-0.2, 0) is 15.1 Å². The van der Waals surface area contributed by atoms with Crippen LogP contribution in [0.5, 0.6) is 0 Å². The molecule has 0 aliphatic carbocycles. The Morgan fingerprint density at radius 2 is 1.40 bits per heavy atom. The molecular formula is C18H20O2. The van der Waals surface area contributed by atoms with Crippen molar-refractivity contribution in [3.63, 3.8) is 0 Å². The van der Waals surface area contributed by atoms with E-state index in [1.165, 1.54) is 0 Å². The Morgan fingerprint density at radius 1 is 0.900 bits per heavy atom. The highest BCUT2D eigenvalue weighted by atomic mass is 16.7. The lowest BCUT2D eigenvalue weighted by molar-refractivity contribution is 0.0112. The second-order valence-electron chi connectivity index (χ2n) is 5.56. The summed E-state index contributed by atoms with van der Waals surface area (Å²) in [5.74, 6) is 0.373. The van der Waals surface area contributed by atoms with Crippen LogP contribution in [0.15, 0.2) is 60.7 Å². The van der Waals surface area contributed by atoms with Crippen LogP contribution in [0.2, 0.25) is 0 Å². The zero-order valence-corrected chi connectivity index (χ0v) is 12.0. The zero-order chi connectivity index (χ0) is 14.0.